The highest BCUT2D eigenvalue weighted by atomic mass is 31.2. The van der Waals surface area contributed by atoms with E-state index in [0.29, 0.717) is 18.3 Å². The molecule has 1 heterocycles. The maximum absolute atomic E-state index is 13.9. The number of carboxylic acid groups (broad SMARTS) is 1. The Morgan fingerprint density at radius 1 is 1.07 bits per heavy atom. The number of amides is 1. The minimum absolute atomic E-state index is 0.00965. The average molecular weight is 619 g/mol. The second-order valence-corrected chi connectivity index (χ2v) is 16.1. The summed E-state index contributed by atoms with van der Waals surface area (Å²) in [5.74, 6) is -0.425. The number of carbonyl (C=O) groups is 2. The van der Waals surface area contributed by atoms with E-state index in [1.54, 1.807) is 0 Å². The first-order valence-corrected chi connectivity index (χ1v) is 17.3. The van der Waals surface area contributed by atoms with Gasteiger partial charge < -0.3 is 45.6 Å². The highest BCUT2D eigenvalue weighted by Crippen LogP contribution is 2.64. The first-order chi connectivity index (χ1) is 19.6. The molecule has 0 aromatic heterocycles. The van der Waals surface area contributed by atoms with Crippen molar-refractivity contribution in [2.75, 3.05) is 19.4 Å². The second kappa shape index (κ2) is 12.7. The third-order valence-electron chi connectivity index (χ3n) is 11.3. The Hall–Kier alpha value is -1.11. The van der Waals surface area contributed by atoms with Gasteiger partial charge in [-0.2, -0.15) is 0 Å². The van der Waals surface area contributed by atoms with E-state index in [1.807, 2.05) is 6.92 Å². The molecule has 3 aliphatic carbocycles. The predicted octanol–water partition coefficient (Wildman–Crippen LogP) is 1.37. The Balaban J connectivity index is 1.39. The molecule has 1 amide bonds. The first kappa shape index (κ1) is 33.8. The van der Waals surface area contributed by atoms with Crippen LogP contribution in [0.2, 0.25) is 0 Å². The van der Waals surface area contributed by atoms with Gasteiger partial charge in [0, 0.05) is 11.5 Å². The molecule has 5 unspecified atom stereocenters. The van der Waals surface area contributed by atoms with Crippen LogP contribution in [0.4, 0.5) is 0 Å². The molecule has 0 radical (unpaired) electrons. The van der Waals surface area contributed by atoms with Crippen LogP contribution in [0.25, 0.3) is 0 Å². The van der Waals surface area contributed by atoms with Crippen molar-refractivity contribution in [3.63, 3.8) is 0 Å². The van der Waals surface area contributed by atoms with Crippen LogP contribution in [0.15, 0.2) is 0 Å². The number of aliphatic hydroxyl groups is 4. The summed E-state index contributed by atoms with van der Waals surface area (Å²) in [6.45, 7) is 4.29. The summed E-state index contributed by atoms with van der Waals surface area (Å²) in [7, 11) is -4.53. The molecule has 0 aromatic rings. The van der Waals surface area contributed by atoms with Gasteiger partial charge >= 0.3 is 13.6 Å². The van der Waals surface area contributed by atoms with E-state index < -0.39 is 74.3 Å². The highest BCUT2D eigenvalue weighted by Gasteiger charge is 2.59. The number of carbonyl (C=O) groups excluding carboxylic acids is 1. The summed E-state index contributed by atoms with van der Waals surface area (Å²) >= 11 is 0. The quantitative estimate of drug-likeness (QED) is 0.155. The van der Waals surface area contributed by atoms with Gasteiger partial charge in [-0.05, 0) is 68.6 Å². The molecule has 1 saturated heterocycles. The number of aliphatic carboxylic acids is 1. The molecule has 3 saturated carbocycles. The standard InChI is InChI=1S/C29H51N2O10P/c1-27-11-6-12-28(2,22(27)10-9-17-7-4-5-8-19(17)27)25(36)31-29(3,26(37)38)16-41-42(39,40)15-18(33)13-20-23(34)24(35)21(14-32)30-20/h17-24,30,32-35H,4-16H2,1-3H3,(H,31,36)(H,37,38)(H,39,40)/t17?,18-,19?,20-,21-,22?,23-,24-,27-,28+,29?/m1/s1. The lowest BCUT2D eigenvalue weighted by Gasteiger charge is -2.60. The lowest BCUT2D eigenvalue weighted by atomic mass is 9.44. The Labute approximate surface area is 248 Å². The predicted molar refractivity (Wildman–Crippen MR) is 153 cm³/mol. The van der Waals surface area contributed by atoms with Crippen LogP contribution in [0.3, 0.4) is 0 Å². The van der Waals surface area contributed by atoms with E-state index in [0.717, 1.165) is 25.7 Å². The average Bonchev–Trinajstić information content (AvgIpc) is 3.19. The van der Waals surface area contributed by atoms with E-state index in [9.17, 15) is 44.6 Å². The van der Waals surface area contributed by atoms with Gasteiger partial charge in [0.25, 0.3) is 0 Å². The molecule has 242 valence electrons. The zero-order chi connectivity index (χ0) is 31.1. The summed E-state index contributed by atoms with van der Waals surface area (Å²) in [5, 5.41) is 55.3. The van der Waals surface area contributed by atoms with E-state index >= 15 is 0 Å². The number of carboxylic acids is 1. The van der Waals surface area contributed by atoms with Crippen molar-refractivity contribution >= 4 is 19.5 Å². The molecule has 0 aromatic carbocycles. The van der Waals surface area contributed by atoms with Gasteiger partial charge in [0.2, 0.25) is 5.91 Å². The van der Waals surface area contributed by atoms with Crippen molar-refractivity contribution in [3.05, 3.63) is 0 Å². The van der Waals surface area contributed by atoms with Crippen LogP contribution < -0.4 is 10.6 Å². The van der Waals surface area contributed by atoms with Crippen LogP contribution in [-0.2, 0) is 18.7 Å². The lowest BCUT2D eigenvalue weighted by Crippen LogP contribution is -2.63. The van der Waals surface area contributed by atoms with Gasteiger partial charge in [0.1, 0.15) is 0 Å². The molecule has 12 atom stereocenters. The fourth-order valence-corrected chi connectivity index (χ4v) is 10.1. The van der Waals surface area contributed by atoms with E-state index in [4.69, 9.17) is 4.52 Å². The third-order valence-corrected chi connectivity index (χ3v) is 12.7. The molecule has 4 rings (SSSR count). The Morgan fingerprint density at radius 2 is 1.74 bits per heavy atom. The minimum atomic E-state index is -4.53. The molecule has 4 fully saturated rings. The Bertz CT molecular complexity index is 1050. The first-order valence-electron chi connectivity index (χ1n) is 15.5. The molecule has 0 spiro atoms. The van der Waals surface area contributed by atoms with Crippen LogP contribution in [0.5, 0.6) is 0 Å². The maximum atomic E-state index is 13.9. The fraction of sp³-hybridized carbons (Fsp3) is 0.931. The summed E-state index contributed by atoms with van der Waals surface area (Å²) in [4.78, 5) is 36.8. The monoisotopic (exact) mass is 618 g/mol. The van der Waals surface area contributed by atoms with Crippen LogP contribution in [0, 0.1) is 28.6 Å². The molecule has 1 aliphatic heterocycles. The summed E-state index contributed by atoms with van der Waals surface area (Å²) < 4.78 is 18.0. The smallest absolute Gasteiger partial charge is 0.331 e. The molecule has 13 heteroatoms. The van der Waals surface area contributed by atoms with Crippen molar-refractivity contribution in [3.8, 4) is 0 Å². The summed E-state index contributed by atoms with van der Waals surface area (Å²) in [5.41, 5.74) is -2.76. The number of fused-ring (bicyclic) bond motifs is 3. The fourth-order valence-electron chi connectivity index (χ4n) is 8.86. The molecule has 12 nitrogen and oxygen atoms in total. The van der Waals surface area contributed by atoms with Crippen molar-refractivity contribution in [1.29, 1.82) is 0 Å². The molecule has 0 bridgehead atoms. The summed E-state index contributed by atoms with van der Waals surface area (Å²) in [6.07, 6.45) is 4.52. The zero-order valence-corrected chi connectivity index (χ0v) is 26.0. The second-order valence-electron chi connectivity index (χ2n) is 14.2. The number of nitrogens with one attached hydrogen (secondary N) is 2. The zero-order valence-electron chi connectivity index (χ0n) is 25.1. The van der Waals surface area contributed by atoms with Crippen LogP contribution in [0.1, 0.15) is 85.0 Å². The number of rotatable bonds is 11. The molecule has 42 heavy (non-hydrogen) atoms. The van der Waals surface area contributed by atoms with E-state index in [2.05, 4.69) is 17.6 Å². The Kier molecular flexibility index (Phi) is 10.2. The van der Waals surface area contributed by atoms with Crippen molar-refractivity contribution < 1.29 is 49.1 Å². The number of hydrogen-bond acceptors (Lipinski definition) is 9. The van der Waals surface area contributed by atoms with Gasteiger partial charge in [-0.15, -0.1) is 0 Å². The highest BCUT2D eigenvalue weighted by molar-refractivity contribution is 7.52. The third kappa shape index (κ3) is 6.61. The molecule has 8 N–H and O–H groups in total. The van der Waals surface area contributed by atoms with Crippen molar-refractivity contribution in [2.24, 2.45) is 28.6 Å². The van der Waals surface area contributed by atoms with E-state index in [1.165, 1.54) is 32.6 Å². The van der Waals surface area contributed by atoms with Crippen LogP contribution >= 0.6 is 7.60 Å². The SMILES string of the molecule is CC(COP(=O)(O)C[C@H](O)C[C@H]1N[C@H](CO)[C@@H](O)[C@@H]1O)(NC(=O)[C@@]1(C)CCC[C@]2(C)C3CCCCC3CCC21)C(=O)O. The summed E-state index contributed by atoms with van der Waals surface area (Å²) in [6, 6.07) is -1.63. The molecule has 4 aliphatic rings. The lowest BCUT2D eigenvalue weighted by molar-refractivity contribution is -0.161. The van der Waals surface area contributed by atoms with Crippen LogP contribution in [-0.4, -0.2) is 97.6 Å². The molecular formula is C29H51N2O10P. The van der Waals surface area contributed by atoms with Crippen molar-refractivity contribution in [1.82, 2.24) is 10.6 Å². The van der Waals surface area contributed by atoms with Gasteiger partial charge in [0.05, 0.1) is 43.7 Å². The normalized spacial score (nSPS) is 42.0. The van der Waals surface area contributed by atoms with Gasteiger partial charge in [-0.3, -0.25) is 9.36 Å². The van der Waals surface area contributed by atoms with Gasteiger partial charge in [0.15, 0.2) is 5.54 Å². The van der Waals surface area contributed by atoms with E-state index in [-0.39, 0.29) is 23.7 Å². The number of aliphatic hydroxyl groups excluding tert-OH is 4. The number of hydrogen-bond donors (Lipinski definition) is 8. The van der Waals surface area contributed by atoms with Gasteiger partial charge in [-0.25, -0.2) is 4.79 Å². The molecular weight excluding hydrogens is 567 g/mol. The minimum Gasteiger partial charge on any atom is -0.479 e. The topological polar surface area (TPSA) is 206 Å². The largest absolute Gasteiger partial charge is 0.479 e. The maximum Gasteiger partial charge on any atom is 0.331 e. The van der Waals surface area contributed by atoms with Gasteiger partial charge in [-0.1, -0.05) is 39.5 Å². The van der Waals surface area contributed by atoms with Crippen molar-refractivity contribution in [2.45, 2.75) is 121 Å². The Morgan fingerprint density at radius 3 is 2.38 bits per heavy atom.